The fourth-order valence-corrected chi connectivity index (χ4v) is 2.17. The van der Waals surface area contributed by atoms with Gasteiger partial charge in [0.05, 0.1) is 11.6 Å². The average molecular weight is 249 g/mol. The van der Waals surface area contributed by atoms with Crippen molar-refractivity contribution in [3.8, 4) is 5.75 Å². The van der Waals surface area contributed by atoms with Gasteiger partial charge in [-0.15, -0.1) is 0 Å². The minimum absolute atomic E-state index is 0.126. The van der Waals surface area contributed by atoms with E-state index < -0.39 is 0 Å². The Kier molecular flexibility index (Phi) is 4.00. The lowest BCUT2D eigenvalue weighted by Gasteiger charge is -2.17. The molecule has 1 aliphatic carbocycles. The van der Waals surface area contributed by atoms with Gasteiger partial charge in [0.1, 0.15) is 5.75 Å². The first kappa shape index (κ1) is 12.4. The zero-order valence-electron chi connectivity index (χ0n) is 10.2. The first-order valence-corrected chi connectivity index (χ1v) is 6.61. The molecule has 0 aliphatic heterocycles. The second-order valence-corrected chi connectivity index (χ2v) is 5.22. The maximum Gasteiger partial charge on any atom is 0.119 e. The van der Waals surface area contributed by atoms with Gasteiger partial charge in [0.2, 0.25) is 0 Å². The highest BCUT2D eigenvalue weighted by molar-refractivity contribution is 7.80. The minimum atomic E-state index is 0.126. The first-order valence-electron chi connectivity index (χ1n) is 6.21. The summed E-state index contributed by atoms with van der Waals surface area (Å²) >= 11 is 4.93. The second kappa shape index (κ2) is 5.50. The van der Waals surface area contributed by atoms with Gasteiger partial charge in [0.25, 0.3) is 0 Å². The summed E-state index contributed by atoms with van der Waals surface area (Å²) in [6, 6.07) is 6.41. The standard InChI is InChI=1S/C14H19NOS/c1-10(14(15)17)9-16-13-7-6-11-4-2-3-5-12(11)8-13/h6-8,10H,2-5,9H2,1H3,(H2,15,17). The molecule has 2 nitrogen and oxygen atoms in total. The molecule has 0 heterocycles. The molecule has 0 fully saturated rings. The number of fused-ring (bicyclic) bond motifs is 1. The van der Waals surface area contributed by atoms with Gasteiger partial charge in [-0.3, -0.25) is 0 Å². The zero-order chi connectivity index (χ0) is 12.3. The Morgan fingerprint density at radius 2 is 2.06 bits per heavy atom. The summed E-state index contributed by atoms with van der Waals surface area (Å²) in [6.07, 6.45) is 4.99. The van der Waals surface area contributed by atoms with Crippen LogP contribution < -0.4 is 10.5 Å². The van der Waals surface area contributed by atoms with Gasteiger partial charge in [-0.2, -0.15) is 0 Å². The summed E-state index contributed by atoms with van der Waals surface area (Å²) in [5, 5.41) is 0. The lowest BCUT2D eigenvalue weighted by atomic mass is 9.92. The molecule has 1 aromatic carbocycles. The van der Waals surface area contributed by atoms with Gasteiger partial charge < -0.3 is 10.5 Å². The van der Waals surface area contributed by atoms with Gasteiger partial charge >= 0.3 is 0 Å². The van der Waals surface area contributed by atoms with Crippen molar-refractivity contribution in [1.82, 2.24) is 0 Å². The third kappa shape index (κ3) is 3.19. The molecular weight excluding hydrogens is 230 g/mol. The van der Waals surface area contributed by atoms with E-state index in [-0.39, 0.29) is 5.92 Å². The Hall–Kier alpha value is -1.09. The Morgan fingerprint density at radius 3 is 2.76 bits per heavy atom. The monoisotopic (exact) mass is 249 g/mol. The molecule has 3 heteroatoms. The predicted molar refractivity (Wildman–Crippen MR) is 74.5 cm³/mol. The lowest BCUT2D eigenvalue weighted by Crippen LogP contribution is -2.24. The molecule has 17 heavy (non-hydrogen) atoms. The molecule has 0 amide bonds. The Bertz CT molecular complexity index is 417. The predicted octanol–water partition coefficient (Wildman–Crippen LogP) is 2.87. The number of thiocarbonyl (C=S) groups is 1. The molecule has 1 unspecified atom stereocenters. The third-order valence-electron chi connectivity index (χ3n) is 3.31. The summed E-state index contributed by atoms with van der Waals surface area (Å²) in [5.74, 6) is 1.06. The van der Waals surface area contributed by atoms with Gasteiger partial charge in [0, 0.05) is 5.92 Å². The van der Waals surface area contributed by atoms with Gasteiger partial charge in [-0.05, 0) is 48.9 Å². The molecule has 1 aliphatic rings. The number of aryl methyl sites for hydroxylation is 2. The highest BCUT2D eigenvalue weighted by Crippen LogP contribution is 2.25. The summed E-state index contributed by atoms with van der Waals surface area (Å²) in [4.78, 5) is 0.517. The molecule has 0 saturated carbocycles. The van der Waals surface area contributed by atoms with E-state index in [1.807, 2.05) is 6.92 Å². The SMILES string of the molecule is CC(COc1ccc2c(c1)CCCC2)C(N)=S. The van der Waals surface area contributed by atoms with Crippen LogP contribution in [0.15, 0.2) is 18.2 Å². The molecule has 0 saturated heterocycles. The van der Waals surface area contributed by atoms with E-state index in [4.69, 9.17) is 22.7 Å². The molecule has 0 radical (unpaired) electrons. The number of hydrogen-bond acceptors (Lipinski definition) is 2. The van der Waals surface area contributed by atoms with Crippen LogP contribution in [0.2, 0.25) is 0 Å². The van der Waals surface area contributed by atoms with Crippen LogP contribution in [0.3, 0.4) is 0 Å². The van der Waals surface area contributed by atoms with Crippen LogP contribution in [0.4, 0.5) is 0 Å². The summed E-state index contributed by atoms with van der Waals surface area (Å²) in [5.41, 5.74) is 8.48. The van der Waals surface area contributed by atoms with Crippen molar-refractivity contribution in [2.24, 2.45) is 11.7 Å². The fourth-order valence-electron chi connectivity index (χ4n) is 2.10. The van der Waals surface area contributed by atoms with Crippen LogP contribution in [-0.4, -0.2) is 11.6 Å². The van der Waals surface area contributed by atoms with E-state index in [9.17, 15) is 0 Å². The van der Waals surface area contributed by atoms with Crippen LogP contribution in [0.1, 0.15) is 30.9 Å². The van der Waals surface area contributed by atoms with Crippen molar-refractivity contribution in [2.75, 3.05) is 6.61 Å². The number of nitrogens with two attached hydrogens (primary N) is 1. The lowest BCUT2D eigenvalue weighted by molar-refractivity contribution is 0.293. The fraction of sp³-hybridized carbons (Fsp3) is 0.500. The van der Waals surface area contributed by atoms with Crippen LogP contribution in [0.25, 0.3) is 0 Å². The Morgan fingerprint density at radius 1 is 1.35 bits per heavy atom. The summed E-state index contributed by atoms with van der Waals surface area (Å²) < 4.78 is 5.73. The van der Waals surface area contributed by atoms with Crippen molar-refractivity contribution in [3.63, 3.8) is 0 Å². The van der Waals surface area contributed by atoms with Crippen molar-refractivity contribution in [3.05, 3.63) is 29.3 Å². The zero-order valence-corrected chi connectivity index (χ0v) is 11.1. The Labute approximate surface area is 108 Å². The van der Waals surface area contributed by atoms with Crippen LogP contribution in [-0.2, 0) is 12.8 Å². The minimum Gasteiger partial charge on any atom is -0.493 e. The molecule has 2 rings (SSSR count). The first-order chi connectivity index (χ1) is 8.16. The van der Waals surface area contributed by atoms with E-state index in [2.05, 4.69) is 18.2 Å². The van der Waals surface area contributed by atoms with E-state index in [0.29, 0.717) is 11.6 Å². The molecular formula is C14H19NOS. The topological polar surface area (TPSA) is 35.2 Å². The summed E-state index contributed by atoms with van der Waals surface area (Å²) in [6.45, 7) is 2.55. The smallest absolute Gasteiger partial charge is 0.119 e. The molecule has 0 aromatic heterocycles. The highest BCUT2D eigenvalue weighted by Gasteiger charge is 2.11. The Balaban J connectivity index is 2.00. The van der Waals surface area contributed by atoms with E-state index in [1.165, 1.54) is 36.8 Å². The van der Waals surface area contributed by atoms with Crippen molar-refractivity contribution in [1.29, 1.82) is 0 Å². The average Bonchev–Trinajstić information content (AvgIpc) is 2.35. The van der Waals surface area contributed by atoms with Crippen LogP contribution in [0, 0.1) is 5.92 Å². The van der Waals surface area contributed by atoms with E-state index in [1.54, 1.807) is 0 Å². The van der Waals surface area contributed by atoms with Gasteiger partial charge in [-0.1, -0.05) is 25.2 Å². The molecule has 0 spiro atoms. The quantitative estimate of drug-likeness (QED) is 0.833. The molecule has 1 atom stereocenters. The number of rotatable bonds is 4. The van der Waals surface area contributed by atoms with E-state index >= 15 is 0 Å². The molecule has 1 aromatic rings. The van der Waals surface area contributed by atoms with Gasteiger partial charge in [0.15, 0.2) is 0 Å². The largest absolute Gasteiger partial charge is 0.493 e. The molecule has 92 valence electrons. The third-order valence-corrected chi connectivity index (χ3v) is 3.71. The number of hydrogen-bond donors (Lipinski definition) is 1. The van der Waals surface area contributed by atoms with Crippen LogP contribution in [0.5, 0.6) is 5.75 Å². The van der Waals surface area contributed by atoms with Crippen LogP contribution >= 0.6 is 12.2 Å². The maximum atomic E-state index is 5.73. The molecule has 0 bridgehead atoms. The van der Waals surface area contributed by atoms with E-state index in [0.717, 1.165) is 5.75 Å². The second-order valence-electron chi connectivity index (χ2n) is 4.75. The number of ether oxygens (including phenoxy) is 1. The van der Waals surface area contributed by atoms with Crippen molar-refractivity contribution < 1.29 is 4.74 Å². The highest BCUT2D eigenvalue weighted by atomic mass is 32.1. The summed E-state index contributed by atoms with van der Waals surface area (Å²) in [7, 11) is 0. The normalized spacial score (nSPS) is 16.1. The maximum absolute atomic E-state index is 5.73. The van der Waals surface area contributed by atoms with Gasteiger partial charge in [-0.25, -0.2) is 0 Å². The number of benzene rings is 1. The van der Waals surface area contributed by atoms with Crippen molar-refractivity contribution in [2.45, 2.75) is 32.6 Å². The molecule has 2 N–H and O–H groups in total. The van der Waals surface area contributed by atoms with Crippen molar-refractivity contribution >= 4 is 17.2 Å².